The first-order valence-electron chi connectivity index (χ1n) is 8.23. The van der Waals surface area contributed by atoms with Crippen LogP contribution in [0.1, 0.15) is 15.4 Å². The van der Waals surface area contributed by atoms with Crippen molar-refractivity contribution in [2.75, 3.05) is 46.3 Å². The van der Waals surface area contributed by atoms with E-state index in [1.165, 1.54) is 11.3 Å². The second kappa shape index (κ2) is 8.15. The van der Waals surface area contributed by atoms with Crippen LogP contribution in [0.3, 0.4) is 0 Å². The topological polar surface area (TPSA) is 80.7 Å². The number of nitrogens with zero attached hydrogens (tertiary/aromatic N) is 5. The third-order valence-electron chi connectivity index (χ3n) is 3.99. The number of carbonyl (C=O) groups is 1. The van der Waals surface area contributed by atoms with Crippen molar-refractivity contribution in [1.82, 2.24) is 19.5 Å². The summed E-state index contributed by atoms with van der Waals surface area (Å²) in [5, 5.41) is 4.55. The molecule has 144 valence electrons. The Hall–Kier alpha value is -2.30. The van der Waals surface area contributed by atoms with Crippen molar-refractivity contribution in [3.8, 4) is 11.5 Å². The number of fused-ring (bicyclic) bond motifs is 1. The normalized spacial score (nSPS) is 11.2. The molecule has 0 aliphatic rings. The van der Waals surface area contributed by atoms with Crippen LogP contribution in [0.4, 0.5) is 5.13 Å². The van der Waals surface area contributed by atoms with Crippen LogP contribution in [0, 0.1) is 6.92 Å². The lowest BCUT2D eigenvalue weighted by Crippen LogP contribution is -2.36. The van der Waals surface area contributed by atoms with Gasteiger partial charge in [-0.2, -0.15) is 0 Å². The fourth-order valence-corrected chi connectivity index (χ4v) is 4.23. The summed E-state index contributed by atoms with van der Waals surface area (Å²) in [6.45, 7) is 2.97. The molecule has 0 unspecified atom stereocenters. The number of aryl methyl sites for hydroxylation is 1. The largest absolute Gasteiger partial charge is 0.495 e. The number of methoxy groups -OCH3 is 2. The Kier molecular flexibility index (Phi) is 5.88. The summed E-state index contributed by atoms with van der Waals surface area (Å²) in [5.41, 5.74) is 1.30. The molecule has 0 atom stereocenters. The second-order valence-corrected chi connectivity index (χ2v) is 7.82. The molecule has 1 aromatic carbocycles. The molecule has 3 rings (SSSR count). The van der Waals surface area contributed by atoms with Crippen molar-refractivity contribution in [1.29, 1.82) is 0 Å². The van der Waals surface area contributed by atoms with Crippen LogP contribution < -0.4 is 14.4 Å². The van der Waals surface area contributed by atoms with Gasteiger partial charge in [0.1, 0.15) is 26.6 Å². The van der Waals surface area contributed by atoms with Gasteiger partial charge < -0.3 is 14.4 Å². The summed E-state index contributed by atoms with van der Waals surface area (Å²) in [6, 6.07) is 3.65. The second-order valence-electron chi connectivity index (χ2n) is 6.09. The molecule has 0 radical (unpaired) electrons. The fraction of sp³-hybridized carbons (Fsp3) is 0.412. The Balaban J connectivity index is 2.08. The van der Waals surface area contributed by atoms with Gasteiger partial charge in [-0.05, 0) is 44.7 Å². The van der Waals surface area contributed by atoms with E-state index in [9.17, 15) is 4.79 Å². The fourth-order valence-electron chi connectivity index (χ4n) is 2.52. The lowest BCUT2D eigenvalue weighted by atomic mass is 10.3. The minimum Gasteiger partial charge on any atom is -0.495 e. The van der Waals surface area contributed by atoms with E-state index in [0.29, 0.717) is 45.8 Å². The number of hydrogen-bond donors (Lipinski definition) is 0. The lowest BCUT2D eigenvalue weighted by molar-refractivity contribution is 0.0988. The summed E-state index contributed by atoms with van der Waals surface area (Å²) < 4.78 is 15.6. The number of aromatic nitrogens is 3. The summed E-state index contributed by atoms with van der Waals surface area (Å²) >= 11 is 2.50. The van der Waals surface area contributed by atoms with Gasteiger partial charge in [0.05, 0.1) is 19.9 Å². The van der Waals surface area contributed by atoms with Crippen molar-refractivity contribution >= 4 is 44.1 Å². The molecule has 0 fully saturated rings. The molecule has 0 aliphatic heterocycles. The molecule has 2 aromatic heterocycles. The zero-order valence-electron chi connectivity index (χ0n) is 15.8. The average Bonchev–Trinajstić information content (AvgIpc) is 3.27. The summed E-state index contributed by atoms with van der Waals surface area (Å²) in [4.78, 5) is 22.1. The van der Waals surface area contributed by atoms with Crippen LogP contribution in [0.2, 0.25) is 0 Å². The van der Waals surface area contributed by atoms with E-state index in [2.05, 4.69) is 9.59 Å². The molecule has 3 aromatic rings. The maximum Gasteiger partial charge on any atom is 0.273 e. The predicted molar refractivity (Wildman–Crippen MR) is 108 cm³/mol. The standard InChI is InChI=1S/C17H21N5O3S2/c1-10-14(27-20-19-10)16(23)22(9-8-21(2)3)17-18-13-11(24-4)6-7-12(25-5)15(13)26-17/h6-7H,8-9H2,1-5H3. The molecule has 27 heavy (non-hydrogen) atoms. The van der Waals surface area contributed by atoms with Crippen LogP contribution in [0.25, 0.3) is 10.2 Å². The van der Waals surface area contributed by atoms with E-state index in [4.69, 9.17) is 14.5 Å². The highest BCUT2D eigenvalue weighted by atomic mass is 32.1. The average molecular weight is 408 g/mol. The molecule has 0 saturated heterocycles. The minimum absolute atomic E-state index is 0.152. The van der Waals surface area contributed by atoms with Crippen molar-refractivity contribution < 1.29 is 14.3 Å². The number of ether oxygens (including phenoxy) is 2. The van der Waals surface area contributed by atoms with Crippen molar-refractivity contribution in [3.63, 3.8) is 0 Å². The van der Waals surface area contributed by atoms with Crippen LogP contribution in [0.15, 0.2) is 12.1 Å². The van der Waals surface area contributed by atoms with E-state index >= 15 is 0 Å². The zero-order chi connectivity index (χ0) is 19.6. The Morgan fingerprint density at radius 3 is 2.44 bits per heavy atom. The van der Waals surface area contributed by atoms with Crippen LogP contribution >= 0.6 is 22.9 Å². The number of hydrogen-bond acceptors (Lipinski definition) is 9. The molecule has 1 amide bonds. The van der Waals surface area contributed by atoms with E-state index in [1.54, 1.807) is 26.0 Å². The van der Waals surface area contributed by atoms with Crippen molar-refractivity contribution in [3.05, 3.63) is 22.7 Å². The van der Waals surface area contributed by atoms with Crippen LogP contribution in [0.5, 0.6) is 11.5 Å². The number of likely N-dealkylation sites (N-methyl/N-ethyl adjacent to an activating group) is 1. The Morgan fingerprint density at radius 1 is 1.15 bits per heavy atom. The minimum atomic E-state index is -0.152. The number of carbonyl (C=O) groups excluding carboxylic acids is 1. The number of amides is 1. The van der Waals surface area contributed by atoms with Crippen molar-refractivity contribution in [2.45, 2.75) is 6.92 Å². The highest BCUT2D eigenvalue weighted by molar-refractivity contribution is 7.22. The summed E-state index contributed by atoms with van der Waals surface area (Å²) in [5.74, 6) is 1.19. The smallest absolute Gasteiger partial charge is 0.273 e. The number of rotatable bonds is 7. The molecule has 10 heteroatoms. The van der Waals surface area contributed by atoms with Gasteiger partial charge >= 0.3 is 0 Å². The third kappa shape index (κ3) is 3.87. The first kappa shape index (κ1) is 19.5. The van der Waals surface area contributed by atoms with Gasteiger partial charge in [-0.3, -0.25) is 9.69 Å². The molecule has 0 aliphatic carbocycles. The highest BCUT2D eigenvalue weighted by Crippen LogP contribution is 2.40. The van der Waals surface area contributed by atoms with Gasteiger partial charge in [0.15, 0.2) is 5.13 Å². The van der Waals surface area contributed by atoms with Crippen LogP contribution in [-0.2, 0) is 0 Å². The van der Waals surface area contributed by atoms with Crippen molar-refractivity contribution in [2.24, 2.45) is 0 Å². The van der Waals surface area contributed by atoms with E-state index in [1.807, 2.05) is 31.1 Å². The Morgan fingerprint density at radius 2 is 1.85 bits per heavy atom. The summed E-state index contributed by atoms with van der Waals surface area (Å²) in [6.07, 6.45) is 0. The quantitative estimate of drug-likeness (QED) is 0.596. The van der Waals surface area contributed by atoms with Gasteiger partial charge in [-0.25, -0.2) is 4.98 Å². The molecule has 0 saturated carbocycles. The number of benzene rings is 1. The molecule has 2 heterocycles. The van der Waals surface area contributed by atoms with Gasteiger partial charge in [-0.1, -0.05) is 15.8 Å². The monoisotopic (exact) mass is 407 g/mol. The predicted octanol–water partition coefficient (Wildman–Crippen LogP) is 2.68. The Bertz CT molecular complexity index is 912. The molecule has 8 nitrogen and oxygen atoms in total. The molecule has 0 bridgehead atoms. The lowest BCUT2D eigenvalue weighted by Gasteiger charge is -2.21. The zero-order valence-corrected chi connectivity index (χ0v) is 17.5. The SMILES string of the molecule is COc1ccc(OC)c2sc(N(CCN(C)C)C(=O)c3snnc3C)nc12. The number of anilines is 1. The summed E-state index contributed by atoms with van der Waals surface area (Å²) in [7, 11) is 7.14. The molecular weight excluding hydrogens is 386 g/mol. The maximum atomic E-state index is 13.2. The maximum absolute atomic E-state index is 13.2. The van der Waals surface area contributed by atoms with E-state index < -0.39 is 0 Å². The number of thiazole rings is 1. The van der Waals surface area contributed by atoms with Gasteiger partial charge in [0.2, 0.25) is 0 Å². The van der Waals surface area contributed by atoms with E-state index in [0.717, 1.165) is 16.2 Å². The van der Waals surface area contributed by atoms with Gasteiger partial charge in [0, 0.05) is 13.1 Å². The molecule has 0 spiro atoms. The van der Waals surface area contributed by atoms with Gasteiger partial charge in [-0.15, -0.1) is 5.10 Å². The van der Waals surface area contributed by atoms with E-state index in [-0.39, 0.29) is 5.91 Å². The third-order valence-corrected chi connectivity index (χ3v) is 5.90. The molecular formula is C17H21N5O3S2. The Labute approximate surface area is 165 Å². The van der Waals surface area contributed by atoms with Gasteiger partial charge in [0.25, 0.3) is 5.91 Å². The first-order valence-corrected chi connectivity index (χ1v) is 9.82. The van der Waals surface area contributed by atoms with Crippen LogP contribution in [-0.4, -0.2) is 66.8 Å². The molecule has 0 N–H and O–H groups in total. The first-order chi connectivity index (χ1) is 13.0. The highest BCUT2D eigenvalue weighted by Gasteiger charge is 2.26.